The van der Waals surface area contributed by atoms with E-state index in [2.05, 4.69) is 10.3 Å². The monoisotopic (exact) mass is 272 g/mol. The van der Waals surface area contributed by atoms with Crippen LogP contribution < -0.4 is 5.32 Å². The minimum Gasteiger partial charge on any atom is -0.391 e. The average Bonchev–Trinajstić information content (AvgIpc) is 2.76. The van der Waals surface area contributed by atoms with E-state index in [1.165, 1.54) is 17.8 Å². The van der Waals surface area contributed by atoms with Crippen molar-refractivity contribution in [3.05, 3.63) is 65.2 Å². The molecule has 0 spiro atoms. The number of hydrogen-bond acceptors (Lipinski definition) is 3. The molecule has 0 aliphatic heterocycles. The maximum Gasteiger partial charge on any atom is 0.141 e. The molecule has 0 fully saturated rings. The van der Waals surface area contributed by atoms with Crippen LogP contribution in [-0.2, 0) is 6.42 Å². The van der Waals surface area contributed by atoms with E-state index in [1.54, 1.807) is 6.07 Å². The highest BCUT2D eigenvalue weighted by Crippen LogP contribution is 2.32. The first kappa shape index (κ1) is 13.2. The van der Waals surface area contributed by atoms with Crippen LogP contribution in [0.3, 0.4) is 0 Å². The molecule has 104 valence electrons. The van der Waals surface area contributed by atoms with Gasteiger partial charge in [0.1, 0.15) is 5.82 Å². The summed E-state index contributed by atoms with van der Waals surface area (Å²) in [5, 5.41) is 13.6. The van der Waals surface area contributed by atoms with Crippen molar-refractivity contribution in [3.8, 4) is 0 Å². The predicted molar refractivity (Wildman–Crippen MR) is 74.6 cm³/mol. The van der Waals surface area contributed by atoms with Gasteiger partial charge in [-0.1, -0.05) is 24.3 Å². The number of pyridine rings is 1. The zero-order valence-electron chi connectivity index (χ0n) is 11.3. The predicted octanol–water partition coefficient (Wildman–Crippen LogP) is 2.53. The lowest BCUT2D eigenvalue weighted by Crippen LogP contribution is -2.31. The van der Waals surface area contributed by atoms with Gasteiger partial charge in [-0.3, -0.25) is 10.3 Å². The first-order chi connectivity index (χ1) is 9.65. The Kier molecular flexibility index (Phi) is 3.51. The summed E-state index contributed by atoms with van der Waals surface area (Å²) in [6.45, 7) is 1.97. The highest BCUT2D eigenvalue weighted by molar-refractivity contribution is 5.36. The summed E-state index contributed by atoms with van der Waals surface area (Å²) < 4.78 is 12.9. The van der Waals surface area contributed by atoms with Crippen LogP contribution in [0.4, 0.5) is 4.39 Å². The van der Waals surface area contributed by atoms with Crippen molar-refractivity contribution < 1.29 is 9.50 Å². The van der Waals surface area contributed by atoms with E-state index in [4.69, 9.17) is 0 Å². The van der Waals surface area contributed by atoms with Gasteiger partial charge < -0.3 is 5.11 Å². The molecule has 3 rings (SSSR count). The molecular weight excluding hydrogens is 255 g/mol. The van der Waals surface area contributed by atoms with Crippen LogP contribution in [-0.4, -0.2) is 16.2 Å². The molecule has 0 saturated carbocycles. The normalized spacial score (nSPS) is 22.6. The first-order valence-corrected chi connectivity index (χ1v) is 6.78. The van der Waals surface area contributed by atoms with Crippen LogP contribution in [0.15, 0.2) is 42.6 Å². The number of benzene rings is 1. The summed E-state index contributed by atoms with van der Waals surface area (Å²) in [7, 11) is 0. The molecule has 0 saturated heterocycles. The summed E-state index contributed by atoms with van der Waals surface area (Å²) in [5.74, 6) is -0.341. The van der Waals surface area contributed by atoms with E-state index in [-0.39, 0.29) is 17.9 Å². The van der Waals surface area contributed by atoms with Gasteiger partial charge in [0, 0.05) is 12.5 Å². The van der Waals surface area contributed by atoms with Gasteiger partial charge in [-0.05, 0) is 30.2 Å². The molecule has 1 aromatic heterocycles. The van der Waals surface area contributed by atoms with E-state index in [9.17, 15) is 9.50 Å². The van der Waals surface area contributed by atoms with Crippen LogP contribution in [0.25, 0.3) is 0 Å². The number of aromatic nitrogens is 1. The largest absolute Gasteiger partial charge is 0.391 e. The fourth-order valence-corrected chi connectivity index (χ4v) is 2.77. The molecular formula is C16H17FN2O. The van der Waals surface area contributed by atoms with E-state index >= 15 is 0 Å². The van der Waals surface area contributed by atoms with Gasteiger partial charge in [-0.15, -0.1) is 0 Å². The smallest absolute Gasteiger partial charge is 0.141 e. The summed E-state index contributed by atoms with van der Waals surface area (Å²) in [4.78, 5) is 4.08. The lowest BCUT2D eigenvalue weighted by Gasteiger charge is -2.22. The number of rotatable bonds is 3. The van der Waals surface area contributed by atoms with Crippen LogP contribution in [0, 0.1) is 5.82 Å². The fraction of sp³-hybridized carbons (Fsp3) is 0.312. The molecule has 3 nitrogen and oxygen atoms in total. The van der Waals surface area contributed by atoms with Crippen LogP contribution >= 0.6 is 0 Å². The molecule has 0 amide bonds. The summed E-state index contributed by atoms with van der Waals surface area (Å²) in [6.07, 6.45) is 1.44. The first-order valence-electron chi connectivity index (χ1n) is 6.78. The molecule has 0 radical (unpaired) electrons. The highest BCUT2D eigenvalue weighted by Gasteiger charge is 2.31. The van der Waals surface area contributed by atoms with Crippen molar-refractivity contribution in [3.63, 3.8) is 0 Å². The molecule has 3 atom stereocenters. The summed E-state index contributed by atoms with van der Waals surface area (Å²) in [5.41, 5.74) is 3.08. The third kappa shape index (κ3) is 2.44. The molecule has 1 aromatic carbocycles. The average molecular weight is 272 g/mol. The standard InChI is InChI=1S/C16H17FN2O/c1-10(14-7-6-12(17)9-18-14)19-16-13-5-3-2-4-11(13)8-15(16)20/h2-7,9-10,15-16,19-20H,8H2,1H3. The Balaban J connectivity index is 1.79. The molecule has 2 aromatic rings. The van der Waals surface area contributed by atoms with E-state index < -0.39 is 6.10 Å². The van der Waals surface area contributed by atoms with Crippen molar-refractivity contribution in [2.45, 2.75) is 31.5 Å². The lowest BCUT2D eigenvalue weighted by molar-refractivity contribution is 0.135. The number of nitrogens with one attached hydrogen (secondary N) is 1. The maximum absolute atomic E-state index is 12.9. The Labute approximate surface area is 117 Å². The summed E-state index contributed by atoms with van der Waals surface area (Å²) in [6, 6.07) is 11.0. The van der Waals surface area contributed by atoms with Gasteiger partial charge >= 0.3 is 0 Å². The number of nitrogens with zero attached hydrogens (tertiary/aromatic N) is 1. The van der Waals surface area contributed by atoms with E-state index in [0.717, 1.165) is 11.3 Å². The van der Waals surface area contributed by atoms with E-state index in [1.807, 2.05) is 31.2 Å². The van der Waals surface area contributed by atoms with Crippen molar-refractivity contribution in [1.29, 1.82) is 0 Å². The Hall–Kier alpha value is -1.78. The van der Waals surface area contributed by atoms with Gasteiger partial charge in [0.25, 0.3) is 0 Å². The lowest BCUT2D eigenvalue weighted by atomic mass is 10.1. The second kappa shape index (κ2) is 5.31. The van der Waals surface area contributed by atoms with Crippen LogP contribution in [0.1, 0.15) is 35.8 Å². The second-order valence-electron chi connectivity index (χ2n) is 5.24. The Morgan fingerprint density at radius 2 is 2.10 bits per heavy atom. The molecule has 1 heterocycles. The number of halogens is 1. The zero-order valence-corrected chi connectivity index (χ0v) is 11.3. The molecule has 1 aliphatic carbocycles. The minimum absolute atomic E-state index is 0.0543. The van der Waals surface area contributed by atoms with Crippen LogP contribution in [0.5, 0.6) is 0 Å². The summed E-state index contributed by atoms with van der Waals surface area (Å²) >= 11 is 0. The van der Waals surface area contributed by atoms with Gasteiger partial charge in [-0.2, -0.15) is 0 Å². The number of aliphatic hydroxyl groups is 1. The minimum atomic E-state index is -0.435. The van der Waals surface area contributed by atoms with Gasteiger partial charge in [0.2, 0.25) is 0 Å². The number of aliphatic hydroxyl groups excluding tert-OH is 1. The zero-order chi connectivity index (χ0) is 14.1. The number of fused-ring (bicyclic) bond motifs is 1. The topological polar surface area (TPSA) is 45.1 Å². The molecule has 3 unspecified atom stereocenters. The molecule has 4 heteroatoms. The molecule has 20 heavy (non-hydrogen) atoms. The molecule has 0 bridgehead atoms. The fourth-order valence-electron chi connectivity index (χ4n) is 2.77. The van der Waals surface area contributed by atoms with Gasteiger partial charge in [0.05, 0.1) is 24.0 Å². The maximum atomic E-state index is 12.9. The van der Waals surface area contributed by atoms with E-state index in [0.29, 0.717) is 6.42 Å². The Bertz CT molecular complexity index is 600. The number of hydrogen-bond donors (Lipinski definition) is 2. The quantitative estimate of drug-likeness (QED) is 0.902. The Morgan fingerprint density at radius 3 is 2.85 bits per heavy atom. The van der Waals surface area contributed by atoms with Crippen molar-refractivity contribution in [1.82, 2.24) is 10.3 Å². The van der Waals surface area contributed by atoms with Crippen molar-refractivity contribution in [2.24, 2.45) is 0 Å². The third-order valence-electron chi connectivity index (χ3n) is 3.83. The van der Waals surface area contributed by atoms with Crippen molar-refractivity contribution in [2.75, 3.05) is 0 Å². The third-order valence-corrected chi connectivity index (χ3v) is 3.83. The van der Waals surface area contributed by atoms with Crippen LogP contribution in [0.2, 0.25) is 0 Å². The van der Waals surface area contributed by atoms with Gasteiger partial charge in [0.15, 0.2) is 0 Å². The SMILES string of the molecule is CC(NC1c2ccccc2CC1O)c1ccc(F)cn1. The molecule has 2 N–H and O–H groups in total. The van der Waals surface area contributed by atoms with Crippen molar-refractivity contribution >= 4 is 0 Å². The highest BCUT2D eigenvalue weighted by atomic mass is 19.1. The Morgan fingerprint density at radius 1 is 1.30 bits per heavy atom. The van der Waals surface area contributed by atoms with Gasteiger partial charge in [-0.25, -0.2) is 4.39 Å². The second-order valence-corrected chi connectivity index (χ2v) is 5.24. The molecule has 1 aliphatic rings.